The summed E-state index contributed by atoms with van der Waals surface area (Å²) < 4.78 is 1.84. The molecule has 0 aliphatic heterocycles. The molecular formula is C16H22N4O. The van der Waals surface area contributed by atoms with Gasteiger partial charge < -0.3 is 5.32 Å². The summed E-state index contributed by atoms with van der Waals surface area (Å²) in [6.45, 7) is 4.82. The predicted octanol–water partition coefficient (Wildman–Crippen LogP) is 2.63. The number of pyridine rings is 1. The molecule has 0 saturated carbocycles. The molecule has 0 spiro atoms. The molecule has 0 aliphatic carbocycles. The van der Waals surface area contributed by atoms with Crippen LogP contribution in [0.5, 0.6) is 0 Å². The first-order chi connectivity index (χ1) is 10.2. The number of rotatable bonds is 7. The highest BCUT2D eigenvalue weighted by Gasteiger charge is 2.13. The van der Waals surface area contributed by atoms with Crippen LogP contribution in [-0.2, 0) is 11.3 Å². The van der Waals surface area contributed by atoms with E-state index in [1.807, 2.05) is 42.2 Å². The summed E-state index contributed by atoms with van der Waals surface area (Å²) in [5, 5.41) is 7.17. The van der Waals surface area contributed by atoms with Crippen LogP contribution in [0.2, 0.25) is 0 Å². The molecule has 1 N–H and O–H groups in total. The molecule has 5 heteroatoms. The Hall–Kier alpha value is -2.17. The number of aromatic nitrogens is 3. The second-order valence-corrected chi connectivity index (χ2v) is 5.16. The zero-order chi connectivity index (χ0) is 15.1. The highest BCUT2D eigenvalue weighted by Crippen LogP contribution is 2.14. The number of carbonyl (C=O) groups is 1. The van der Waals surface area contributed by atoms with Gasteiger partial charge in [-0.1, -0.05) is 13.0 Å². The van der Waals surface area contributed by atoms with Gasteiger partial charge >= 0.3 is 0 Å². The molecule has 1 amide bonds. The smallest absolute Gasteiger partial charge is 0.220 e. The van der Waals surface area contributed by atoms with E-state index in [2.05, 4.69) is 22.3 Å². The Balaban J connectivity index is 1.80. The minimum Gasteiger partial charge on any atom is -0.348 e. The summed E-state index contributed by atoms with van der Waals surface area (Å²) in [5.74, 6) is 0.0661. The second-order valence-electron chi connectivity index (χ2n) is 5.16. The molecule has 0 radical (unpaired) electrons. The maximum Gasteiger partial charge on any atom is 0.220 e. The van der Waals surface area contributed by atoms with Gasteiger partial charge in [-0.25, -0.2) is 0 Å². The molecule has 112 valence electrons. The van der Waals surface area contributed by atoms with Crippen molar-refractivity contribution in [3.05, 3.63) is 48.0 Å². The van der Waals surface area contributed by atoms with Gasteiger partial charge in [-0.15, -0.1) is 0 Å². The Morgan fingerprint density at radius 2 is 2.29 bits per heavy atom. The molecule has 0 fully saturated rings. The number of aryl methyl sites for hydroxylation is 2. The third kappa shape index (κ3) is 4.70. The van der Waals surface area contributed by atoms with Gasteiger partial charge in [0, 0.05) is 31.6 Å². The first kappa shape index (κ1) is 15.2. The summed E-state index contributed by atoms with van der Waals surface area (Å²) in [6, 6.07) is 5.88. The van der Waals surface area contributed by atoms with Crippen molar-refractivity contribution < 1.29 is 4.79 Å². The maximum atomic E-state index is 12.0. The van der Waals surface area contributed by atoms with Gasteiger partial charge in [-0.05, 0) is 37.5 Å². The first-order valence-electron chi connectivity index (χ1n) is 7.38. The maximum absolute atomic E-state index is 12.0. The van der Waals surface area contributed by atoms with Crippen molar-refractivity contribution in [2.45, 2.75) is 45.7 Å². The number of amides is 1. The normalized spacial score (nSPS) is 12.1. The molecule has 2 heterocycles. The lowest BCUT2D eigenvalue weighted by atomic mass is 10.1. The van der Waals surface area contributed by atoms with Crippen LogP contribution in [0.1, 0.15) is 43.5 Å². The lowest BCUT2D eigenvalue weighted by molar-refractivity contribution is -0.122. The summed E-state index contributed by atoms with van der Waals surface area (Å²) >= 11 is 0. The lowest BCUT2D eigenvalue weighted by Crippen LogP contribution is -2.28. The van der Waals surface area contributed by atoms with E-state index in [0.29, 0.717) is 6.42 Å². The number of nitrogens with one attached hydrogen (secondary N) is 1. The van der Waals surface area contributed by atoms with E-state index < -0.39 is 0 Å². The third-order valence-electron chi connectivity index (χ3n) is 3.38. The Kier molecular flexibility index (Phi) is 5.49. The second kappa shape index (κ2) is 7.57. The number of nitrogens with zero attached hydrogens (tertiary/aromatic N) is 3. The van der Waals surface area contributed by atoms with Crippen molar-refractivity contribution in [1.29, 1.82) is 0 Å². The van der Waals surface area contributed by atoms with Crippen molar-refractivity contribution >= 4 is 5.91 Å². The quantitative estimate of drug-likeness (QED) is 0.851. The zero-order valence-electron chi connectivity index (χ0n) is 12.6. The minimum atomic E-state index is -0.0113. The summed E-state index contributed by atoms with van der Waals surface area (Å²) in [5.41, 5.74) is 2.04. The van der Waals surface area contributed by atoms with Gasteiger partial charge in [-0.2, -0.15) is 5.10 Å². The van der Waals surface area contributed by atoms with E-state index in [1.165, 1.54) is 0 Å². The van der Waals surface area contributed by atoms with Gasteiger partial charge in [0.2, 0.25) is 5.91 Å². The molecule has 0 aromatic carbocycles. The molecule has 5 nitrogen and oxygen atoms in total. The summed E-state index contributed by atoms with van der Waals surface area (Å²) in [7, 11) is 0. The summed E-state index contributed by atoms with van der Waals surface area (Å²) in [4.78, 5) is 16.4. The predicted molar refractivity (Wildman–Crippen MR) is 81.6 cm³/mol. The van der Waals surface area contributed by atoms with Crippen LogP contribution >= 0.6 is 0 Å². The Bertz CT molecular complexity index is 548. The van der Waals surface area contributed by atoms with Crippen LogP contribution in [0.15, 0.2) is 36.8 Å². The minimum absolute atomic E-state index is 0.0113. The van der Waals surface area contributed by atoms with Gasteiger partial charge in [0.15, 0.2) is 0 Å². The van der Waals surface area contributed by atoms with Gasteiger partial charge in [-0.3, -0.25) is 14.5 Å². The fraction of sp³-hybridized carbons (Fsp3) is 0.438. The lowest BCUT2D eigenvalue weighted by Gasteiger charge is -2.16. The average Bonchev–Trinajstić information content (AvgIpc) is 2.99. The molecule has 0 bridgehead atoms. The molecule has 0 saturated heterocycles. The van der Waals surface area contributed by atoms with E-state index in [0.717, 1.165) is 30.6 Å². The Morgan fingerprint density at radius 1 is 1.43 bits per heavy atom. The Morgan fingerprint density at radius 3 is 2.90 bits per heavy atom. The van der Waals surface area contributed by atoms with E-state index in [9.17, 15) is 4.79 Å². The molecule has 2 aromatic heterocycles. The Labute approximate surface area is 125 Å². The standard InChI is InChI=1S/C16H22N4O/c1-3-14(15-8-7-13(2)12-17-15)19-16(21)6-4-10-20-11-5-9-18-20/h5,7-9,11-12,14H,3-4,6,10H2,1-2H3,(H,19,21)/t14-/m0/s1. The van der Waals surface area contributed by atoms with Crippen LogP contribution < -0.4 is 5.32 Å². The highest BCUT2D eigenvalue weighted by atomic mass is 16.1. The number of hydrogen-bond donors (Lipinski definition) is 1. The van der Waals surface area contributed by atoms with Crippen molar-refractivity contribution in [3.8, 4) is 0 Å². The number of carbonyl (C=O) groups excluding carboxylic acids is 1. The molecule has 0 aliphatic rings. The monoisotopic (exact) mass is 286 g/mol. The van der Waals surface area contributed by atoms with Crippen LogP contribution in [0.3, 0.4) is 0 Å². The third-order valence-corrected chi connectivity index (χ3v) is 3.38. The van der Waals surface area contributed by atoms with Gasteiger partial charge in [0.1, 0.15) is 0 Å². The van der Waals surface area contributed by atoms with Crippen LogP contribution in [-0.4, -0.2) is 20.7 Å². The zero-order valence-corrected chi connectivity index (χ0v) is 12.6. The molecule has 2 aromatic rings. The molecule has 0 unspecified atom stereocenters. The fourth-order valence-electron chi connectivity index (χ4n) is 2.17. The average molecular weight is 286 g/mol. The van der Waals surface area contributed by atoms with E-state index >= 15 is 0 Å². The van der Waals surface area contributed by atoms with E-state index in [-0.39, 0.29) is 11.9 Å². The van der Waals surface area contributed by atoms with Gasteiger partial charge in [0.25, 0.3) is 0 Å². The summed E-state index contributed by atoms with van der Waals surface area (Å²) in [6.07, 6.45) is 7.61. The van der Waals surface area contributed by atoms with Crippen LogP contribution in [0.4, 0.5) is 0 Å². The van der Waals surface area contributed by atoms with Crippen LogP contribution in [0, 0.1) is 6.92 Å². The van der Waals surface area contributed by atoms with E-state index in [4.69, 9.17) is 0 Å². The first-order valence-corrected chi connectivity index (χ1v) is 7.38. The van der Waals surface area contributed by atoms with Crippen LogP contribution in [0.25, 0.3) is 0 Å². The molecule has 2 rings (SSSR count). The largest absolute Gasteiger partial charge is 0.348 e. The molecule has 1 atom stereocenters. The van der Waals surface area contributed by atoms with Crippen molar-refractivity contribution in [1.82, 2.24) is 20.1 Å². The van der Waals surface area contributed by atoms with Crippen molar-refractivity contribution in [2.75, 3.05) is 0 Å². The fourth-order valence-corrected chi connectivity index (χ4v) is 2.17. The topological polar surface area (TPSA) is 59.8 Å². The molecule has 21 heavy (non-hydrogen) atoms. The highest BCUT2D eigenvalue weighted by molar-refractivity contribution is 5.76. The van der Waals surface area contributed by atoms with Gasteiger partial charge in [0.05, 0.1) is 11.7 Å². The molecular weight excluding hydrogens is 264 g/mol. The van der Waals surface area contributed by atoms with Crippen molar-refractivity contribution in [3.63, 3.8) is 0 Å². The van der Waals surface area contributed by atoms with E-state index in [1.54, 1.807) is 6.20 Å². The van der Waals surface area contributed by atoms with Crippen molar-refractivity contribution in [2.24, 2.45) is 0 Å². The SMILES string of the molecule is CC[C@H](NC(=O)CCCn1cccn1)c1ccc(C)cn1. The number of hydrogen-bond acceptors (Lipinski definition) is 3.